The van der Waals surface area contributed by atoms with E-state index in [1.807, 2.05) is 50.6 Å². The number of aromatic nitrogens is 5. The molecule has 0 aliphatic carbocycles. The SMILES string of the molecule is C=CC(=O)N1C[C@H](C)n2nc(-c3nc(-c4ccc5c(c4)nc(C)n5C)c4scc(F)c4c3-c3c(F)cc(F)cc3F)cc2[C@H]1C. The van der Waals surface area contributed by atoms with Gasteiger partial charge in [0.1, 0.15) is 40.5 Å². The van der Waals surface area contributed by atoms with Crippen LogP contribution in [-0.2, 0) is 11.8 Å². The number of fused-ring (bicyclic) bond motifs is 3. The first-order chi connectivity index (χ1) is 21.5. The number of imidazole rings is 1. The lowest BCUT2D eigenvalue weighted by atomic mass is 9.95. The molecule has 1 amide bonds. The monoisotopic (exact) mass is 630 g/mol. The number of rotatable bonds is 4. The Morgan fingerprint density at radius 2 is 1.73 bits per heavy atom. The highest BCUT2D eigenvalue weighted by Gasteiger charge is 2.34. The predicted octanol–water partition coefficient (Wildman–Crippen LogP) is 7.90. The van der Waals surface area contributed by atoms with Crippen molar-refractivity contribution >= 4 is 38.4 Å². The summed E-state index contributed by atoms with van der Waals surface area (Å²) in [6, 6.07) is 7.71. The number of aryl methyl sites for hydroxylation is 2. The lowest BCUT2D eigenvalue weighted by Gasteiger charge is -2.36. The van der Waals surface area contributed by atoms with Gasteiger partial charge in [0, 0.05) is 47.6 Å². The van der Waals surface area contributed by atoms with Crippen LogP contribution < -0.4 is 0 Å². The normalized spacial score (nSPS) is 16.5. The Morgan fingerprint density at radius 1 is 1.00 bits per heavy atom. The van der Waals surface area contributed by atoms with Crippen molar-refractivity contribution in [3.63, 3.8) is 0 Å². The van der Waals surface area contributed by atoms with Gasteiger partial charge in [-0.05, 0) is 45.0 Å². The van der Waals surface area contributed by atoms with Gasteiger partial charge in [0.25, 0.3) is 0 Å². The molecule has 2 aromatic carbocycles. The topological polar surface area (TPSA) is 68.8 Å². The molecule has 0 N–H and O–H groups in total. The zero-order valence-electron chi connectivity index (χ0n) is 24.7. The van der Waals surface area contributed by atoms with Gasteiger partial charge in [0.15, 0.2) is 0 Å². The van der Waals surface area contributed by atoms with Crippen molar-refractivity contribution in [3.05, 3.63) is 89.2 Å². The molecule has 1 aliphatic rings. The van der Waals surface area contributed by atoms with E-state index in [2.05, 4.69) is 11.6 Å². The van der Waals surface area contributed by atoms with Gasteiger partial charge < -0.3 is 9.47 Å². The molecular weight excluding hydrogens is 604 g/mol. The first kappa shape index (κ1) is 28.9. The summed E-state index contributed by atoms with van der Waals surface area (Å²) in [6.07, 6.45) is 1.25. The standard InChI is InChI=1S/C33H26F4N6OS/c1-6-27(44)42-13-15(2)43-26(16(42)3)12-24(40-43)32-30(28-20(35)10-19(34)11-21(28)36)29-22(37)14-45-33(29)31(39-32)18-7-8-25-23(9-18)38-17(4)41(25)5/h6-12,14-16H,1,13H2,2-5H3/t15-,16+/m0/s1. The van der Waals surface area contributed by atoms with Crippen LogP contribution in [0.15, 0.2) is 54.4 Å². The summed E-state index contributed by atoms with van der Waals surface area (Å²) in [5.41, 5.74) is 2.69. The zero-order valence-corrected chi connectivity index (χ0v) is 25.5. The molecule has 0 radical (unpaired) electrons. The van der Waals surface area contributed by atoms with Crippen LogP contribution in [0.2, 0.25) is 0 Å². The van der Waals surface area contributed by atoms with Crippen molar-refractivity contribution in [2.24, 2.45) is 7.05 Å². The molecule has 228 valence electrons. The van der Waals surface area contributed by atoms with E-state index in [0.29, 0.717) is 45.8 Å². The van der Waals surface area contributed by atoms with E-state index >= 15 is 13.2 Å². The van der Waals surface area contributed by atoms with Crippen molar-refractivity contribution in [1.82, 2.24) is 29.2 Å². The number of amides is 1. The van der Waals surface area contributed by atoms with Gasteiger partial charge in [-0.2, -0.15) is 5.10 Å². The van der Waals surface area contributed by atoms with Gasteiger partial charge in [-0.1, -0.05) is 12.6 Å². The molecule has 5 heterocycles. The van der Waals surface area contributed by atoms with Crippen molar-refractivity contribution in [2.75, 3.05) is 6.54 Å². The second-order valence-corrected chi connectivity index (χ2v) is 12.1. The minimum atomic E-state index is -1.20. The molecule has 7 nitrogen and oxygen atoms in total. The molecule has 0 bridgehead atoms. The predicted molar refractivity (Wildman–Crippen MR) is 166 cm³/mol. The van der Waals surface area contributed by atoms with Crippen LogP contribution in [0.4, 0.5) is 17.6 Å². The Hall–Kier alpha value is -4.84. The maximum absolute atomic E-state index is 15.8. The van der Waals surface area contributed by atoms with Crippen LogP contribution in [-0.4, -0.2) is 41.7 Å². The van der Waals surface area contributed by atoms with E-state index in [1.165, 1.54) is 11.5 Å². The van der Waals surface area contributed by atoms with Crippen molar-refractivity contribution in [3.8, 4) is 33.8 Å². The summed E-state index contributed by atoms with van der Waals surface area (Å²) in [5, 5.41) is 5.99. The second kappa shape index (κ2) is 10.4. The van der Waals surface area contributed by atoms with E-state index in [1.54, 1.807) is 15.6 Å². The smallest absolute Gasteiger partial charge is 0.246 e. The van der Waals surface area contributed by atoms with Crippen LogP contribution in [0.5, 0.6) is 0 Å². The highest BCUT2D eigenvalue weighted by Crippen LogP contribution is 2.46. The van der Waals surface area contributed by atoms with Crippen LogP contribution in [0.1, 0.15) is 37.4 Å². The van der Waals surface area contributed by atoms with Gasteiger partial charge in [-0.25, -0.2) is 27.5 Å². The number of benzene rings is 2. The molecule has 0 saturated carbocycles. The number of halogens is 4. The lowest BCUT2D eigenvalue weighted by Crippen LogP contribution is -2.42. The average molecular weight is 631 g/mol. The minimum absolute atomic E-state index is 0.0133. The fraction of sp³-hybridized carbons (Fsp3) is 0.212. The number of hydrogen-bond acceptors (Lipinski definition) is 5. The first-order valence-electron chi connectivity index (χ1n) is 14.2. The molecule has 0 spiro atoms. The summed E-state index contributed by atoms with van der Waals surface area (Å²) >= 11 is 1.05. The molecule has 7 rings (SSSR count). The Kier molecular flexibility index (Phi) is 6.66. The van der Waals surface area contributed by atoms with Crippen molar-refractivity contribution in [2.45, 2.75) is 32.9 Å². The van der Waals surface area contributed by atoms with Gasteiger partial charge in [-0.15, -0.1) is 11.3 Å². The molecule has 4 aromatic heterocycles. The third-order valence-corrected chi connectivity index (χ3v) is 9.50. The minimum Gasteiger partial charge on any atom is -0.331 e. The molecule has 0 saturated heterocycles. The maximum atomic E-state index is 15.8. The Balaban J connectivity index is 1.55. The molecule has 0 fully saturated rings. The summed E-state index contributed by atoms with van der Waals surface area (Å²) in [6.45, 7) is 9.58. The van der Waals surface area contributed by atoms with Gasteiger partial charge in [-0.3, -0.25) is 9.48 Å². The van der Waals surface area contributed by atoms with Crippen LogP contribution in [0.25, 0.3) is 54.9 Å². The summed E-state index contributed by atoms with van der Waals surface area (Å²) in [7, 11) is 1.90. The number of thiophene rings is 1. The van der Waals surface area contributed by atoms with E-state index in [0.717, 1.165) is 22.7 Å². The number of carbonyl (C=O) groups is 1. The molecule has 12 heteroatoms. The molecule has 45 heavy (non-hydrogen) atoms. The van der Waals surface area contributed by atoms with Gasteiger partial charge >= 0.3 is 0 Å². The number of pyridine rings is 1. The Bertz CT molecular complexity index is 2190. The third kappa shape index (κ3) is 4.38. The quantitative estimate of drug-likeness (QED) is 0.147. The van der Waals surface area contributed by atoms with E-state index in [9.17, 15) is 9.18 Å². The summed E-state index contributed by atoms with van der Waals surface area (Å²) in [5.74, 6) is -3.66. The van der Waals surface area contributed by atoms with E-state index < -0.39 is 34.9 Å². The van der Waals surface area contributed by atoms with Crippen molar-refractivity contribution < 1.29 is 22.4 Å². The van der Waals surface area contributed by atoms with Crippen LogP contribution in [0, 0.1) is 30.2 Å². The molecule has 1 aliphatic heterocycles. The van der Waals surface area contributed by atoms with Crippen LogP contribution in [0.3, 0.4) is 0 Å². The molecule has 0 unspecified atom stereocenters. The van der Waals surface area contributed by atoms with Gasteiger partial charge in [0.05, 0.1) is 44.8 Å². The fourth-order valence-electron chi connectivity index (χ4n) is 6.22. The Labute approximate surface area is 259 Å². The van der Waals surface area contributed by atoms with Gasteiger partial charge in [0.2, 0.25) is 5.91 Å². The maximum Gasteiger partial charge on any atom is 0.246 e. The van der Waals surface area contributed by atoms with Crippen LogP contribution >= 0.6 is 11.3 Å². The summed E-state index contributed by atoms with van der Waals surface area (Å²) in [4.78, 5) is 23.9. The molecular formula is C33H26F4N6OS. The fourth-order valence-corrected chi connectivity index (χ4v) is 7.15. The highest BCUT2D eigenvalue weighted by molar-refractivity contribution is 7.17. The molecule has 2 atom stereocenters. The average Bonchev–Trinajstić information content (AvgIpc) is 3.70. The zero-order chi connectivity index (χ0) is 31.9. The lowest BCUT2D eigenvalue weighted by molar-refractivity contribution is -0.129. The third-order valence-electron chi connectivity index (χ3n) is 8.55. The second-order valence-electron chi connectivity index (χ2n) is 11.3. The molecule has 6 aromatic rings. The number of nitrogens with zero attached hydrogens (tertiary/aromatic N) is 6. The Morgan fingerprint density at radius 3 is 2.44 bits per heavy atom. The largest absolute Gasteiger partial charge is 0.331 e. The number of carbonyl (C=O) groups excluding carboxylic acids is 1. The summed E-state index contributed by atoms with van der Waals surface area (Å²) < 4.78 is 65.0. The van der Waals surface area contributed by atoms with E-state index in [4.69, 9.17) is 10.1 Å². The first-order valence-corrected chi connectivity index (χ1v) is 15.1. The number of hydrogen-bond donors (Lipinski definition) is 0. The van der Waals surface area contributed by atoms with E-state index in [-0.39, 0.29) is 34.3 Å². The highest BCUT2D eigenvalue weighted by atomic mass is 32.1. The van der Waals surface area contributed by atoms with Crippen molar-refractivity contribution in [1.29, 1.82) is 0 Å².